The van der Waals surface area contributed by atoms with E-state index in [2.05, 4.69) is 9.88 Å². The lowest BCUT2D eigenvalue weighted by atomic mass is 9.99. The Morgan fingerprint density at radius 3 is 2.59 bits per heavy atom. The third-order valence-electron chi connectivity index (χ3n) is 5.14. The third-order valence-corrected chi connectivity index (χ3v) is 5.45. The number of anilines is 1. The number of fused-ring (bicyclic) bond motifs is 1. The lowest BCUT2D eigenvalue weighted by Gasteiger charge is -2.36. The number of piperidine rings is 1. The van der Waals surface area contributed by atoms with Gasteiger partial charge in [-0.05, 0) is 42.8 Å². The molecule has 1 aliphatic rings. The van der Waals surface area contributed by atoms with Crippen molar-refractivity contribution in [2.45, 2.75) is 31.9 Å². The van der Waals surface area contributed by atoms with Gasteiger partial charge in [-0.3, -0.25) is 4.98 Å². The van der Waals surface area contributed by atoms with Crippen LogP contribution in [0.5, 0.6) is 5.75 Å². The van der Waals surface area contributed by atoms with Gasteiger partial charge in [-0.25, -0.2) is 0 Å². The van der Waals surface area contributed by atoms with E-state index >= 15 is 0 Å². The summed E-state index contributed by atoms with van der Waals surface area (Å²) in [6.45, 7) is 3.81. The zero-order valence-electron chi connectivity index (χ0n) is 15.4. The second-order valence-electron chi connectivity index (χ2n) is 7.10. The van der Waals surface area contributed by atoms with Crippen LogP contribution in [0.15, 0.2) is 54.7 Å². The molecule has 0 saturated carbocycles. The largest absolute Gasteiger partial charge is 0.490 e. The Balaban J connectivity index is 1.60. The van der Waals surface area contributed by atoms with Crippen molar-refractivity contribution in [3.05, 3.63) is 65.3 Å². The molecule has 0 amide bonds. The van der Waals surface area contributed by atoms with Crippen LogP contribution in [0.3, 0.4) is 0 Å². The van der Waals surface area contributed by atoms with Gasteiger partial charge in [-0.2, -0.15) is 0 Å². The number of nitrogens with zero attached hydrogens (tertiary/aromatic N) is 2. The molecule has 2 heterocycles. The van der Waals surface area contributed by atoms with E-state index in [1.807, 2.05) is 61.7 Å². The molecular weight excluding hydrogens is 358 g/mol. The highest BCUT2D eigenvalue weighted by molar-refractivity contribution is 6.36. The molecule has 0 spiro atoms. The average molecular weight is 382 g/mol. The SMILES string of the molecule is CC(N)c1cc(Cl)c2cccnc2c1N1CCC(Oc2ccccc2)CC1. The molecule has 4 rings (SSSR count). The van der Waals surface area contributed by atoms with Crippen LogP contribution in [0.4, 0.5) is 5.69 Å². The molecule has 1 fully saturated rings. The van der Waals surface area contributed by atoms with Gasteiger partial charge in [-0.15, -0.1) is 0 Å². The van der Waals surface area contributed by atoms with Gasteiger partial charge in [0.1, 0.15) is 11.9 Å². The Hall–Kier alpha value is -2.30. The first-order valence-corrected chi connectivity index (χ1v) is 9.80. The third kappa shape index (κ3) is 3.73. The van der Waals surface area contributed by atoms with E-state index in [0.717, 1.165) is 53.8 Å². The topological polar surface area (TPSA) is 51.4 Å². The van der Waals surface area contributed by atoms with Crippen molar-refractivity contribution >= 4 is 28.2 Å². The number of halogens is 1. The summed E-state index contributed by atoms with van der Waals surface area (Å²) >= 11 is 6.50. The molecule has 27 heavy (non-hydrogen) atoms. The van der Waals surface area contributed by atoms with Crippen LogP contribution in [0.2, 0.25) is 5.02 Å². The van der Waals surface area contributed by atoms with E-state index in [4.69, 9.17) is 22.1 Å². The lowest BCUT2D eigenvalue weighted by Crippen LogP contribution is -2.39. The molecule has 1 aromatic heterocycles. The van der Waals surface area contributed by atoms with E-state index < -0.39 is 0 Å². The van der Waals surface area contributed by atoms with Gasteiger partial charge in [-0.1, -0.05) is 29.8 Å². The highest BCUT2D eigenvalue weighted by atomic mass is 35.5. The van der Waals surface area contributed by atoms with Crippen LogP contribution in [-0.2, 0) is 0 Å². The Labute approximate surface area is 164 Å². The molecule has 0 bridgehead atoms. The monoisotopic (exact) mass is 381 g/mol. The smallest absolute Gasteiger partial charge is 0.119 e. The maximum absolute atomic E-state index is 6.50. The number of aromatic nitrogens is 1. The number of hydrogen-bond acceptors (Lipinski definition) is 4. The molecule has 0 aliphatic carbocycles. The van der Waals surface area contributed by atoms with Gasteiger partial charge in [0.15, 0.2) is 0 Å². The summed E-state index contributed by atoms with van der Waals surface area (Å²) in [7, 11) is 0. The zero-order chi connectivity index (χ0) is 18.8. The number of ether oxygens (including phenoxy) is 1. The van der Waals surface area contributed by atoms with Gasteiger partial charge in [0.2, 0.25) is 0 Å². The molecule has 0 radical (unpaired) electrons. The summed E-state index contributed by atoms with van der Waals surface area (Å²) in [5, 5.41) is 1.68. The van der Waals surface area contributed by atoms with Gasteiger partial charge < -0.3 is 15.4 Å². The maximum atomic E-state index is 6.50. The minimum atomic E-state index is -0.109. The summed E-state index contributed by atoms with van der Waals surface area (Å²) in [4.78, 5) is 7.02. The number of nitrogens with two attached hydrogens (primary N) is 1. The molecule has 1 unspecified atom stereocenters. The van der Waals surface area contributed by atoms with Crippen LogP contribution in [0, 0.1) is 0 Å². The Kier molecular flexibility index (Phi) is 5.19. The molecule has 3 aromatic rings. The first-order valence-electron chi connectivity index (χ1n) is 9.43. The molecule has 4 nitrogen and oxygen atoms in total. The molecule has 1 saturated heterocycles. The van der Waals surface area contributed by atoms with Crippen molar-refractivity contribution in [3.8, 4) is 5.75 Å². The fraction of sp³-hybridized carbons (Fsp3) is 0.318. The highest BCUT2D eigenvalue weighted by Crippen LogP contribution is 2.38. The Morgan fingerprint density at radius 2 is 1.89 bits per heavy atom. The highest BCUT2D eigenvalue weighted by Gasteiger charge is 2.25. The predicted molar refractivity (Wildman–Crippen MR) is 112 cm³/mol. The first-order chi connectivity index (χ1) is 13.1. The number of hydrogen-bond donors (Lipinski definition) is 1. The van der Waals surface area contributed by atoms with Crippen LogP contribution >= 0.6 is 11.6 Å². The van der Waals surface area contributed by atoms with Crippen LogP contribution in [-0.4, -0.2) is 24.2 Å². The number of para-hydroxylation sites is 1. The maximum Gasteiger partial charge on any atom is 0.119 e. The second kappa shape index (κ2) is 7.75. The second-order valence-corrected chi connectivity index (χ2v) is 7.51. The number of benzene rings is 2. The van der Waals surface area contributed by atoms with Gasteiger partial charge in [0, 0.05) is 43.6 Å². The summed E-state index contributed by atoms with van der Waals surface area (Å²) in [6.07, 6.45) is 3.97. The quantitative estimate of drug-likeness (QED) is 0.694. The summed E-state index contributed by atoms with van der Waals surface area (Å²) in [5.74, 6) is 0.936. The molecule has 2 N–H and O–H groups in total. The van der Waals surface area contributed by atoms with Crippen molar-refractivity contribution in [3.63, 3.8) is 0 Å². The fourth-order valence-corrected chi connectivity index (χ4v) is 4.04. The normalized spacial score (nSPS) is 16.5. The van der Waals surface area contributed by atoms with E-state index in [-0.39, 0.29) is 12.1 Å². The summed E-state index contributed by atoms with van der Waals surface area (Å²) in [5.41, 5.74) is 9.37. The van der Waals surface area contributed by atoms with Gasteiger partial charge >= 0.3 is 0 Å². The van der Waals surface area contributed by atoms with Gasteiger partial charge in [0.25, 0.3) is 0 Å². The minimum absolute atomic E-state index is 0.109. The standard InChI is InChI=1S/C22H24ClN3O/c1-15(24)19-14-20(23)18-8-5-11-25-21(18)22(19)26-12-9-17(10-13-26)27-16-6-3-2-4-7-16/h2-8,11,14-15,17H,9-10,12-13,24H2,1H3. The van der Waals surface area contributed by atoms with E-state index in [1.54, 1.807) is 0 Å². The molecule has 5 heteroatoms. The van der Waals surface area contributed by atoms with Crippen LogP contribution < -0.4 is 15.4 Å². The van der Waals surface area contributed by atoms with Crippen molar-refractivity contribution < 1.29 is 4.74 Å². The van der Waals surface area contributed by atoms with E-state index in [1.165, 1.54) is 0 Å². The van der Waals surface area contributed by atoms with Crippen molar-refractivity contribution in [1.29, 1.82) is 0 Å². The molecule has 140 valence electrons. The van der Waals surface area contributed by atoms with Crippen LogP contribution in [0.25, 0.3) is 10.9 Å². The Morgan fingerprint density at radius 1 is 1.15 bits per heavy atom. The molecule has 1 atom stereocenters. The van der Waals surface area contributed by atoms with Crippen LogP contribution in [0.1, 0.15) is 31.4 Å². The van der Waals surface area contributed by atoms with E-state index in [9.17, 15) is 0 Å². The minimum Gasteiger partial charge on any atom is -0.490 e. The predicted octanol–water partition coefficient (Wildman–Crippen LogP) is 4.96. The summed E-state index contributed by atoms with van der Waals surface area (Å²) in [6, 6.07) is 15.9. The molecule has 1 aliphatic heterocycles. The van der Waals surface area contributed by atoms with Crippen molar-refractivity contribution in [2.75, 3.05) is 18.0 Å². The van der Waals surface area contributed by atoms with Crippen molar-refractivity contribution in [2.24, 2.45) is 5.73 Å². The Bertz CT molecular complexity index is 921. The first kappa shape index (κ1) is 18.1. The fourth-order valence-electron chi connectivity index (χ4n) is 3.77. The molecular formula is C22H24ClN3O. The summed E-state index contributed by atoms with van der Waals surface area (Å²) < 4.78 is 6.14. The number of rotatable bonds is 4. The lowest BCUT2D eigenvalue weighted by molar-refractivity contribution is 0.171. The molecule has 2 aromatic carbocycles. The van der Waals surface area contributed by atoms with Gasteiger partial charge in [0.05, 0.1) is 16.2 Å². The average Bonchev–Trinajstić information content (AvgIpc) is 2.69. The number of pyridine rings is 1. The van der Waals surface area contributed by atoms with Crippen molar-refractivity contribution in [1.82, 2.24) is 4.98 Å². The zero-order valence-corrected chi connectivity index (χ0v) is 16.2. The van der Waals surface area contributed by atoms with E-state index in [0.29, 0.717) is 5.02 Å².